The molecule has 0 spiro atoms. The Morgan fingerprint density at radius 2 is 1.65 bits per heavy atom. The highest BCUT2D eigenvalue weighted by molar-refractivity contribution is 9.10. The van der Waals surface area contributed by atoms with E-state index in [0.29, 0.717) is 0 Å². The Labute approximate surface area is 110 Å². The van der Waals surface area contributed by atoms with Crippen LogP contribution in [0.3, 0.4) is 0 Å². The lowest BCUT2D eigenvalue weighted by Crippen LogP contribution is -2.12. The molecule has 2 heteroatoms. The number of halogens is 1. The molecule has 0 radical (unpaired) electrons. The molecule has 86 valence electrons. The predicted molar refractivity (Wildman–Crippen MR) is 71.9 cm³/mol. The highest BCUT2D eigenvalue weighted by Crippen LogP contribution is 2.42. The Morgan fingerprint density at radius 1 is 1.00 bits per heavy atom. The quantitative estimate of drug-likeness (QED) is 0.780. The van der Waals surface area contributed by atoms with Crippen molar-refractivity contribution in [2.24, 2.45) is 0 Å². The van der Waals surface area contributed by atoms with Crippen LogP contribution in [0.25, 0.3) is 0 Å². The van der Waals surface area contributed by atoms with Crippen LogP contribution < -0.4 is 0 Å². The Balaban J connectivity index is 1.85. The third kappa shape index (κ3) is 2.28. The molecular weight excluding hydrogens is 276 g/mol. The lowest BCUT2D eigenvalue weighted by atomic mass is 9.93. The minimum Gasteiger partial charge on any atom is -0.364 e. The summed E-state index contributed by atoms with van der Waals surface area (Å²) < 4.78 is 6.82. The minimum absolute atomic E-state index is 0.0813. The summed E-state index contributed by atoms with van der Waals surface area (Å²) in [7, 11) is 0. The Bertz CT molecular complexity index is 500. The van der Waals surface area contributed by atoms with Crippen LogP contribution >= 0.6 is 15.9 Å². The van der Waals surface area contributed by atoms with E-state index >= 15 is 0 Å². The van der Waals surface area contributed by atoms with Crippen LogP contribution in [0.1, 0.15) is 11.1 Å². The van der Waals surface area contributed by atoms with E-state index in [9.17, 15) is 0 Å². The molecule has 1 unspecified atom stereocenters. The van der Waals surface area contributed by atoms with Gasteiger partial charge in [-0.05, 0) is 23.3 Å². The van der Waals surface area contributed by atoms with E-state index in [2.05, 4.69) is 64.5 Å². The third-order valence-electron chi connectivity index (χ3n) is 3.20. The third-order valence-corrected chi connectivity index (χ3v) is 3.72. The van der Waals surface area contributed by atoms with Crippen molar-refractivity contribution in [2.45, 2.75) is 12.0 Å². The lowest BCUT2D eigenvalue weighted by molar-refractivity contribution is 0.306. The molecule has 1 fully saturated rings. The van der Waals surface area contributed by atoms with Crippen LogP contribution in [0, 0.1) is 0 Å². The highest BCUT2D eigenvalue weighted by atomic mass is 79.9. The summed E-state index contributed by atoms with van der Waals surface area (Å²) in [5, 5.41) is 0. The standard InChI is InChI=1S/C15H13BrO/c16-14-8-6-13(7-9-14)15(11-17-15)10-12-4-2-1-3-5-12/h1-9H,10-11H2. The molecule has 17 heavy (non-hydrogen) atoms. The summed E-state index contributed by atoms with van der Waals surface area (Å²) in [6.45, 7) is 0.823. The van der Waals surface area contributed by atoms with Gasteiger partial charge in [-0.1, -0.05) is 58.4 Å². The molecule has 0 amide bonds. The first-order valence-corrected chi connectivity index (χ1v) is 6.52. The van der Waals surface area contributed by atoms with E-state index in [4.69, 9.17) is 4.74 Å². The summed E-state index contributed by atoms with van der Waals surface area (Å²) in [5.74, 6) is 0. The van der Waals surface area contributed by atoms with E-state index in [0.717, 1.165) is 17.5 Å². The normalized spacial score (nSPS) is 22.4. The largest absolute Gasteiger partial charge is 0.364 e. The van der Waals surface area contributed by atoms with Gasteiger partial charge in [-0.15, -0.1) is 0 Å². The van der Waals surface area contributed by atoms with Crippen molar-refractivity contribution in [1.82, 2.24) is 0 Å². The first-order chi connectivity index (χ1) is 8.28. The highest BCUT2D eigenvalue weighted by Gasteiger charge is 2.46. The van der Waals surface area contributed by atoms with Gasteiger partial charge in [0, 0.05) is 10.9 Å². The zero-order valence-electron chi connectivity index (χ0n) is 9.40. The van der Waals surface area contributed by atoms with Gasteiger partial charge in [-0.25, -0.2) is 0 Å². The number of benzene rings is 2. The van der Waals surface area contributed by atoms with Crippen molar-refractivity contribution in [3.05, 3.63) is 70.2 Å². The second kappa shape index (κ2) is 4.28. The second-order valence-electron chi connectivity index (χ2n) is 4.45. The molecule has 1 atom stereocenters. The molecule has 2 aromatic rings. The van der Waals surface area contributed by atoms with Crippen molar-refractivity contribution in [2.75, 3.05) is 6.61 Å². The molecule has 1 saturated heterocycles. The van der Waals surface area contributed by atoms with Crippen molar-refractivity contribution in [3.63, 3.8) is 0 Å². The van der Waals surface area contributed by atoms with Crippen molar-refractivity contribution in [3.8, 4) is 0 Å². The Kier molecular flexibility index (Phi) is 2.77. The summed E-state index contributed by atoms with van der Waals surface area (Å²) in [5.41, 5.74) is 2.51. The zero-order valence-corrected chi connectivity index (χ0v) is 11.0. The van der Waals surface area contributed by atoms with Gasteiger partial charge in [0.1, 0.15) is 5.60 Å². The molecule has 0 bridgehead atoms. The van der Waals surface area contributed by atoms with Crippen LogP contribution in [0.2, 0.25) is 0 Å². The molecule has 2 aromatic carbocycles. The van der Waals surface area contributed by atoms with Crippen LogP contribution in [-0.2, 0) is 16.8 Å². The SMILES string of the molecule is Brc1ccc(C2(Cc3ccccc3)CO2)cc1. The molecule has 0 saturated carbocycles. The van der Waals surface area contributed by atoms with Gasteiger partial charge in [0.2, 0.25) is 0 Å². The van der Waals surface area contributed by atoms with E-state index < -0.39 is 0 Å². The summed E-state index contributed by atoms with van der Waals surface area (Å²) in [6, 6.07) is 18.9. The average Bonchev–Trinajstić information content (AvgIpc) is 3.12. The summed E-state index contributed by atoms with van der Waals surface area (Å²) in [6.07, 6.45) is 0.954. The van der Waals surface area contributed by atoms with Crippen LogP contribution in [-0.4, -0.2) is 6.61 Å². The molecule has 0 aliphatic carbocycles. The topological polar surface area (TPSA) is 12.5 Å². The van der Waals surface area contributed by atoms with E-state index in [1.165, 1.54) is 11.1 Å². The number of epoxide rings is 1. The number of ether oxygens (including phenoxy) is 1. The van der Waals surface area contributed by atoms with Gasteiger partial charge in [-0.2, -0.15) is 0 Å². The predicted octanol–water partition coefficient (Wildman–Crippen LogP) is 3.92. The van der Waals surface area contributed by atoms with Crippen LogP contribution in [0.15, 0.2) is 59.1 Å². The molecule has 1 nitrogen and oxygen atoms in total. The fourth-order valence-electron chi connectivity index (χ4n) is 2.14. The van der Waals surface area contributed by atoms with E-state index in [-0.39, 0.29) is 5.60 Å². The monoisotopic (exact) mass is 288 g/mol. The summed E-state index contributed by atoms with van der Waals surface area (Å²) >= 11 is 3.46. The molecule has 1 heterocycles. The molecular formula is C15H13BrO. The average molecular weight is 289 g/mol. The fraction of sp³-hybridized carbons (Fsp3) is 0.200. The number of rotatable bonds is 3. The summed E-state index contributed by atoms with van der Waals surface area (Å²) in [4.78, 5) is 0. The van der Waals surface area contributed by atoms with E-state index in [1.54, 1.807) is 0 Å². The van der Waals surface area contributed by atoms with Crippen molar-refractivity contribution >= 4 is 15.9 Å². The molecule has 0 aromatic heterocycles. The second-order valence-corrected chi connectivity index (χ2v) is 5.37. The minimum atomic E-state index is -0.0813. The smallest absolute Gasteiger partial charge is 0.121 e. The molecule has 1 aliphatic heterocycles. The number of hydrogen-bond acceptors (Lipinski definition) is 1. The Morgan fingerprint density at radius 3 is 2.24 bits per heavy atom. The van der Waals surface area contributed by atoms with Crippen molar-refractivity contribution in [1.29, 1.82) is 0 Å². The van der Waals surface area contributed by atoms with Gasteiger partial charge in [-0.3, -0.25) is 0 Å². The Hall–Kier alpha value is -1.12. The molecule has 3 rings (SSSR count). The van der Waals surface area contributed by atoms with Gasteiger partial charge < -0.3 is 4.74 Å². The zero-order chi connectivity index (χ0) is 11.7. The van der Waals surface area contributed by atoms with Crippen LogP contribution in [0.4, 0.5) is 0 Å². The fourth-order valence-corrected chi connectivity index (χ4v) is 2.40. The maximum absolute atomic E-state index is 5.71. The maximum Gasteiger partial charge on any atom is 0.121 e. The lowest BCUT2D eigenvalue weighted by Gasteiger charge is -2.12. The molecule has 0 N–H and O–H groups in total. The first-order valence-electron chi connectivity index (χ1n) is 5.72. The van der Waals surface area contributed by atoms with E-state index in [1.807, 2.05) is 6.07 Å². The first kappa shape index (κ1) is 11.0. The maximum atomic E-state index is 5.71. The van der Waals surface area contributed by atoms with Crippen molar-refractivity contribution < 1.29 is 4.74 Å². The van der Waals surface area contributed by atoms with Gasteiger partial charge in [0.05, 0.1) is 6.61 Å². The van der Waals surface area contributed by atoms with Crippen LogP contribution in [0.5, 0.6) is 0 Å². The van der Waals surface area contributed by atoms with Gasteiger partial charge in [0.25, 0.3) is 0 Å². The van der Waals surface area contributed by atoms with Gasteiger partial charge >= 0.3 is 0 Å². The number of hydrogen-bond donors (Lipinski definition) is 0. The molecule has 1 aliphatic rings. The van der Waals surface area contributed by atoms with Gasteiger partial charge in [0.15, 0.2) is 0 Å².